The summed E-state index contributed by atoms with van der Waals surface area (Å²) in [5.41, 5.74) is 0. The molecule has 0 aliphatic heterocycles. The zero-order valence-electron chi connectivity index (χ0n) is 7.68. The second-order valence-electron chi connectivity index (χ2n) is 2.15. The molecule has 0 bridgehead atoms. The fourth-order valence-electron chi connectivity index (χ4n) is 1.07. The zero-order chi connectivity index (χ0) is 6.10. The van der Waals surface area contributed by atoms with Gasteiger partial charge in [-0.25, -0.2) is 0 Å². The van der Waals surface area contributed by atoms with Crippen molar-refractivity contribution >= 4 is 10.8 Å². The van der Waals surface area contributed by atoms with Gasteiger partial charge in [0.05, 0.1) is 0 Å². The molecule has 1 radical (unpaired) electrons. The summed E-state index contributed by atoms with van der Waals surface area (Å²) in [4.78, 5) is 0. The van der Waals surface area contributed by atoms with E-state index in [2.05, 4.69) is 42.5 Å². The van der Waals surface area contributed by atoms with Gasteiger partial charge in [-0.2, -0.15) is 17.5 Å². The molecule has 0 heterocycles. The van der Waals surface area contributed by atoms with Crippen LogP contribution in [0.2, 0.25) is 0 Å². The van der Waals surface area contributed by atoms with Crippen molar-refractivity contribution in [3.8, 4) is 0 Å². The Balaban J connectivity index is -0.0000001000. The summed E-state index contributed by atoms with van der Waals surface area (Å²) in [7, 11) is 0. The van der Waals surface area contributed by atoms with Gasteiger partial charge in [-0.05, 0) is 0 Å². The Bertz CT molecular complexity index is 289. The van der Waals surface area contributed by atoms with Crippen molar-refractivity contribution in [2.24, 2.45) is 0 Å². The molecule has 14 heavy (non-hydrogen) atoms. The summed E-state index contributed by atoms with van der Waals surface area (Å²) in [6.45, 7) is 0. The Morgan fingerprint density at radius 1 is 0.857 bits per heavy atom. The fourth-order valence-corrected chi connectivity index (χ4v) is 1.07. The van der Waals surface area contributed by atoms with E-state index in [1.807, 2.05) is 0 Å². The molecule has 2 aromatic rings. The molecule has 0 fully saturated rings. The Morgan fingerprint density at radius 2 is 1.43 bits per heavy atom. The minimum absolute atomic E-state index is 0. The maximum atomic E-state index is 2.12. The van der Waals surface area contributed by atoms with Gasteiger partial charge < -0.3 is 79.4 Å². The third-order valence-corrected chi connectivity index (χ3v) is 1.55. The van der Waals surface area contributed by atoms with Gasteiger partial charge in [-0.1, -0.05) is 6.07 Å². The van der Waals surface area contributed by atoms with Crippen LogP contribution in [0.4, 0.5) is 0 Å². The summed E-state index contributed by atoms with van der Waals surface area (Å²) in [6.07, 6.45) is 0. The van der Waals surface area contributed by atoms with Crippen molar-refractivity contribution < 1.29 is 98.1 Å². The summed E-state index contributed by atoms with van der Waals surface area (Å²) in [6, 6.07) is 14.7. The molecule has 0 amide bonds. The van der Waals surface area contributed by atoms with Crippen LogP contribution in [-0.2, 0) is 26.2 Å². The van der Waals surface area contributed by atoms with Crippen LogP contribution in [0.1, 0.15) is 0 Å². The molecule has 0 aromatic heterocycles. The van der Waals surface area contributed by atoms with E-state index in [1.165, 1.54) is 10.8 Å². The van der Waals surface area contributed by atoms with Crippen molar-refractivity contribution in [1.29, 1.82) is 0 Å². The minimum atomic E-state index is 0. The van der Waals surface area contributed by atoms with Crippen LogP contribution < -0.4 is 71.9 Å². The SMILES string of the molecule is [CH3-].[I-].[I-].[I-].[Zr+3].c1ccc2[cH-]ccc2c1. The molecule has 0 N–H and O–H groups in total. The van der Waals surface area contributed by atoms with Crippen molar-refractivity contribution in [3.05, 3.63) is 49.9 Å². The van der Waals surface area contributed by atoms with Crippen LogP contribution in [0.5, 0.6) is 0 Å². The Hall–Kier alpha value is 1.90. The largest absolute Gasteiger partial charge is 3.00 e. The molecule has 0 saturated heterocycles. The molecule has 0 nitrogen and oxygen atoms in total. The van der Waals surface area contributed by atoms with E-state index >= 15 is 0 Å². The second kappa shape index (κ2) is 13.0. The molecule has 0 aliphatic rings. The molecule has 2 rings (SSSR count). The standard InChI is InChI=1S/C9H7.CH3.3HI.Zr/c1-2-5-9-7-3-6-8(9)4-1;;;;;/h1-7H;1H3;3*1H;/q2*-1;;;;+3/p-3. The monoisotopic (exact) mass is 601 g/mol. The van der Waals surface area contributed by atoms with Gasteiger partial charge in [-0.3, -0.25) is 0 Å². The number of fused-ring (bicyclic) bond motifs is 1. The smallest absolute Gasteiger partial charge is 1.00 e. The van der Waals surface area contributed by atoms with Crippen molar-refractivity contribution in [3.63, 3.8) is 0 Å². The van der Waals surface area contributed by atoms with E-state index in [0.29, 0.717) is 0 Å². The molecule has 2 aromatic carbocycles. The van der Waals surface area contributed by atoms with E-state index in [1.54, 1.807) is 0 Å². The van der Waals surface area contributed by atoms with Crippen molar-refractivity contribution in [2.45, 2.75) is 0 Å². The Kier molecular flexibility index (Phi) is 23.1. The third kappa shape index (κ3) is 6.48. The molecule has 77 valence electrons. The van der Waals surface area contributed by atoms with Crippen LogP contribution >= 0.6 is 0 Å². The fraction of sp³-hybridized carbons (Fsp3) is 0. The molecule has 0 saturated carbocycles. The van der Waals surface area contributed by atoms with Crippen LogP contribution in [-0.4, -0.2) is 0 Å². The summed E-state index contributed by atoms with van der Waals surface area (Å²) >= 11 is 0. The maximum absolute atomic E-state index is 2.12. The van der Waals surface area contributed by atoms with Crippen LogP contribution in [0, 0.1) is 7.43 Å². The topological polar surface area (TPSA) is 0 Å². The average molecular weight is 602 g/mol. The van der Waals surface area contributed by atoms with Gasteiger partial charge in [0.15, 0.2) is 0 Å². The number of hydrogen-bond donors (Lipinski definition) is 0. The van der Waals surface area contributed by atoms with Gasteiger partial charge in [-0.15, -0.1) is 29.7 Å². The first kappa shape index (κ1) is 24.9. The molecule has 0 unspecified atom stereocenters. The summed E-state index contributed by atoms with van der Waals surface area (Å²) in [5.74, 6) is 0. The van der Waals surface area contributed by atoms with E-state index in [4.69, 9.17) is 0 Å². The normalized spacial score (nSPS) is 6.57. The van der Waals surface area contributed by atoms with E-state index < -0.39 is 0 Å². The number of rotatable bonds is 0. The molecular weight excluding hydrogens is 592 g/mol. The molecular formula is C10H10I3Zr-2. The quantitative estimate of drug-likeness (QED) is 0.209. The predicted molar refractivity (Wildman–Crippen MR) is 46.0 cm³/mol. The van der Waals surface area contributed by atoms with Crippen molar-refractivity contribution in [1.82, 2.24) is 0 Å². The van der Waals surface area contributed by atoms with Gasteiger partial charge >= 0.3 is 26.2 Å². The third-order valence-electron chi connectivity index (χ3n) is 1.55. The Morgan fingerprint density at radius 3 is 2.00 bits per heavy atom. The molecule has 0 atom stereocenters. The van der Waals surface area contributed by atoms with Gasteiger partial charge in [0.25, 0.3) is 0 Å². The number of benzene rings is 1. The average Bonchev–Trinajstić information content (AvgIpc) is 2.33. The van der Waals surface area contributed by atoms with Gasteiger partial charge in [0.1, 0.15) is 0 Å². The van der Waals surface area contributed by atoms with Crippen LogP contribution in [0.25, 0.3) is 10.8 Å². The van der Waals surface area contributed by atoms with Crippen LogP contribution in [0.15, 0.2) is 42.5 Å². The summed E-state index contributed by atoms with van der Waals surface area (Å²) < 4.78 is 0. The molecule has 4 heteroatoms. The Labute approximate surface area is 156 Å². The predicted octanol–water partition coefficient (Wildman–Crippen LogP) is -5.98. The van der Waals surface area contributed by atoms with E-state index in [0.717, 1.165) is 0 Å². The minimum Gasteiger partial charge on any atom is -1.00 e. The first-order valence-electron chi connectivity index (χ1n) is 3.07. The molecule has 0 spiro atoms. The number of halogens is 3. The first-order chi connectivity index (χ1) is 4.47. The first-order valence-corrected chi connectivity index (χ1v) is 3.07. The van der Waals surface area contributed by atoms with E-state index in [-0.39, 0.29) is 106 Å². The summed E-state index contributed by atoms with van der Waals surface area (Å²) in [5, 5.41) is 2.66. The molecule has 0 aliphatic carbocycles. The van der Waals surface area contributed by atoms with Gasteiger partial charge in [0, 0.05) is 0 Å². The van der Waals surface area contributed by atoms with E-state index in [9.17, 15) is 0 Å². The zero-order valence-corrected chi connectivity index (χ0v) is 16.6. The number of hydrogen-bond acceptors (Lipinski definition) is 0. The van der Waals surface area contributed by atoms with Crippen molar-refractivity contribution in [2.75, 3.05) is 0 Å². The maximum Gasteiger partial charge on any atom is 3.00 e. The van der Waals surface area contributed by atoms with Gasteiger partial charge in [0.2, 0.25) is 0 Å². The van der Waals surface area contributed by atoms with Crippen LogP contribution in [0.3, 0.4) is 0 Å². The second-order valence-corrected chi connectivity index (χ2v) is 2.15.